The van der Waals surface area contributed by atoms with Crippen LogP contribution in [0, 0.1) is 0 Å². The van der Waals surface area contributed by atoms with Gasteiger partial charge in [-0.2, -0.15) is 0 Å². The van der Waals surface area contributed by atoms with Crippen LogP contribution in [-0.2, 0) is 21.3 Å². The lowest BCUT2D eigenvalue weighted by molar-refractivity contribution is -0.0659. The Balaban J connectivity index is 1.64. The Kier molecular flexibility index (Phi) is 4.38. The van der Waals surface area contributed by atoms with Gasteiger partial charge in [0.25, 0.3) is 0 Å². The van der Waals surface area contributed by atoms with Crippen LogP contribution in [0.4, 0.5) is 0 Å². The van der Waals surface area contributed by atoms with Gasteiger partial charge in [0.2, 0.25) is 10.0 Å². The summed E-state index contributed by atoms with van der Waals surface area (Å²) in [5, 5.41) is 5.21. The van der Waals surface area contributed by atoms with Gasteiger partial charge in [-0.1, -0.05) is 0 Å². The molecule has 7 heteroatoms. The summed E-state index contributed by atoms with van der Waals surface area (Å²) in [6.07, 6.45) is 5.34. The molecule has 118 valence electrons. The van der Waals surface area contributed by atoms with Crippen LogP contribution in [-0.4, -0.2) is 33.7 Å². The lowest BCUT2D eigenvalue weighted by Crippen LogP contribution is -2.49. The third kappa shape index (κ3) is 3.48. The van der Waals surface area contributed by atoms with E-state index in [2.05, 4.69) is 10.0 Å². The fourth-order valence-electron chi connectivity index (χ4n) is 2.55. The Bertz CT molecular complexity index is 584. The molecule has 3 rings (SSSR count). The predicted octanol–water partition coefficient (Wildman–Crippen LogP) is 1.85. The van der Waals surface area contributed by atoms with Crippen molar-refractivity contribution in [3.63, 3.8) is 0 Å². The Labute approximate surface area is 130 Å². The SMILES string of the molecule is COC1(CNS(=O)(=O)c2ccsc2CNC2CC2)CCC1. The molecule has 1 aromatic rings. The molecule has 2 aliphatic carbocycles. The Hall–Kier alpha value is -0.470. The number of nitrogens with one attached hydrogen (secondary N) is 2. The molecule has 0 radical (unpaired) electrons. The van der Waals surface area contributed by atoms with Crippen molar-refractivity contribution in [2.45, 2.75) is 55.2 Å². The lowest BCUT2D eigenvalue weighted by atomic mass is 9.80. The molecular formula is C14H22N2O3S2. The number of sulfonamides is 1. The van der Waals surface area contributed by atoms with Crippen LogP contribution < -0.4 is 10.0 Å². The number of ether oxygens (including phenoxy) is 1. The highest BCUT2D eigenvalue weighted by atomic mass is 32.2. The minimum Gasteiger partial charge on any atom is -0.377 e. The van der Waals surface area contributed by atoms with Crippen molar-refractivity contribution < 1.29 is 13.2 Å². The largest absolute Gasteiger partial charge is 0.377 e. The Morgan fingerprint density at radius 2 is 2.19 bits per heavy atom. The van der Waals surface area contributed by atoms with Gasteiger partial charge in [-0.3, -0.25) is 0 Å². The average Bonchev–Trinajstić information content (AvgIpc) is 3.11. The minimum atomic E-state index is -3.45. The third-order valence-corrected chi connectivity index (χ3v) is 6.94. The van der Waals surface area contributed by atoms with Gasteiger partial charge in [0.1, 0.15) is 0 Å². The first-order valence-electron chi connectivity index (χ1n) is 7.39. The van der Waals surface area contributed by atoms with E-state index in [1.54, 1.807) is 13.2 Å². The fourth-order valence-corrected chi connectivity index (χ4v) is 5.06. The smallest absolute Gasteiger partial charge is 0.241 e. The minimum absolute atomic E-state index is 0.296. The average molecular weight is 330 g/mol. The lowest BCUT2D eigenvalue weighted by Gasteiger charge is -2.40. The first kappa shape index (κ1) is 15.4. The molecule has 2 saturated carbocycles. The molecule has 5 nitrogen and oxygen atoms in total. The predicted molar refractivity (Wildman–Crippen MR) is 83.0 cm³/mol. The van der Waals surface area contributed by atoms with E-state index < -0.39 is 10.0 Å². The second-order valence-corrected chi connectivity index (χ2v) is 8.66. The Morgan fingerprint density at radius 3 is 2.76 bits per heavy atom. The number of hydrogen-bond acceptors (Lipinski definition) is 5. The zero-order valence-corrected chi connectivity index (χ0v) is 13.9. The van der Waals surface area contributed by atoms with E-state index in [4.69, 9.17) is 4.74 Å². The molecule has 1 heterocycles. The van der Waals surface area contributed by atoms with Gasteiger partial charge in [0.05, 0.1) is 10.5 Å². The van der Waals surface area contributed by atoms with Crippen LogP contribution in [0.5, 0.6) is 0 Å². The molecule has 0 aromatic carbocycles. The molecule has 0 saturated heterocycles. The first-order chi connectivity index (χ1) is 10.0. The third-order valence-electron chi connectivity index (χ3n) is 4.40. The van der Waals surface area contributed by atoms with Gasteiger partial charge in [-0.05, 0) is 43.6 Å². The highest BCUT2D eigenvalue weighted by Gasteiger charge is 2.38. The molecule has 1 aromatic heterocycles. The number of thiophene rings is 1. The molecule has 2 N–H and O–H groups in total. The second-order valence-electron chi connectivity index (χ2n) is 5.93. The summed E-state index contributed by atoms with van der Waals surface area (Å²) in [6.45, 7) is 0.991. The van der Waals surface area contributed by atoms with Crippen molar-refractivity contribution in [2.24, 2.45) is 0 Å². The molecular weight excluding hydrogens is 308 g/mol. The normalized spacial score (nSPS) is 21.2. The summed E-state index contributed by atoms with van der Waals surface area (Å²) in [6, 6.07) is 2.26. The molecule has 0 aliphatic heterocycles. The van der Waals surface area contributed by atoms with Crippen LogP contribution in [0.2, 0.25) is 0 Å². The first-order valence-corrected chi connectivity index (χ1v) is 9.76. The van der Waals surface area contributed by atoms with E-state index in [1.165, 1.54) is 24.2 Å². The van der Waals surface area contributed by atoms with Crippen molar-refractivity contribution in [3.8, 4) is 0 Å². The fraction of sp³-hybridized carbons (Fsp3) is 0.714. The zero-order valence-electron chi connectivity index (χ0n) is 12.2. The quantitative estimate of drug-likeness (QED) is 0.763. The van der Waals surface area contributed by atoms with E-state index >= 15 is 0 Å². The molecule has 2 aliphatic rings. The molecule has 2 fully saturated rings. The highest BCUT2D eigenvalue weighted by Crippen LogP contribution is 2.34. The van der Waals surface area contributed by atoms with E-state index in [0.717, 1.165) is 24.1 Å². The van der Waals surface area contributed by atoms with Gasteiger partial charge in [0.15, 0.2) is 0 Å². The molecule has 0 unspecified atom stereocenters. The monoisotopic (exact) mass is 330 g/mol. The summed E-state index contributed by atoms with van der Waals surface area (Å²) in [5.41, 5.74) is -0.296. The van der Waals surface area contributed by atoms with Gasteiger partial charge in [-0.15, -0.1) is 11.3 Å². The van der Waals surface area contributed by atoms with Crippen molar-refractivity contribution in [1.82, 2.24) is 10.0 Å². The van der Waals surface area contributed by atoms with E-state index in [9.17, 15) is 8.42 Å². The van der Waals surface area contributed by atoms with Crippen molar-refractivity contribution in [1.29, 1.82) is 0 Å². The van der Waals surface area contributed by atoms with Crippen molar-refractivity contribution in [3.05, 3.63) is 16.3 Å². The van der Waals surface area contributed by atoms with Crippen LogP contribution in [0.3, 0.4) is 0 Å². The zero-order chi connectivity index (χ0) is 14.9. The van der Waals surface area contributed by atoms with Crippen LogP contribution >= 0.6 is 11.3 Å². The summed E-state index contributed by atoms with van der Waals surface area (Å²) < 4.78 is 33.2. The van der Waals surface area contributed by atoms with Gasteiger partial charge >= 0.3 is 0 Å². The maximum Gasteiger partial charge on any atom is 0.241 e. The maximum atomic E-state index is 12.5. The molecule has 0 bridgehead atoms. The van der Waals surface area contributed by atoms with Crippen molar-refractivity contribution in [2.75, 3.05) is 13.7 Å². The van der Waals surface area contributed by atoms with E-state index in [1.807, 2.05) is 5.38 Å². The molecule has 21 heavy (non-hydrogen) atoms. The van der Waals surface area contributed by atoms with Gasteiger partial charge in [0, 0.05) is 31.1 Å². The van der Waals surface area contributed by atoms with E-state index in [-0.39, 0.29) is 5.60 Å². The number of rotatable bonds is 8. The molecule has 0 spiro atoms. The standard InChI is InChI=1S/C14H22N2O3S2/c1-19-14(6-2-7-14)10-16-21(17,18)13-5-8-20-12(13)9-15-11-3-4-11/h5,8,11,15-16H,2-4,6-7,9-10H2,1H3. The number of hydrogen-bond donors (Lipinski definition) is 2. The van der Waals surface area contributed by atoms with E-state index in [0.29, 0.717) is 24.0 Å². The topological polar surface area (TPSA) is 67.4 Å². The van der Waals surface area contributed by atoms with Crippen LogP contribution in [0.15, 0.2) is 16.3 Å². The summed E-state index contributed by atoms with van der Waals surface area (Å²) >= 11 is 1.49. The van der Waals surface area contributed by atoms with Crippen LogP contribution in [0.1, 0.15) is 37.0 Å². The Morgan fingerprint density at radius 1 is 1.43 bits per heavy atom. The molecule has 0 amide bonds. The highest BCUT2D eigenvalue weighted by molar-refractivity contribution is 7.89. The summed E-state index contributed by atoms with van der Waals surface area (Å²) in [5.74, 6) is 0. The van der Waals surface area contributed by atoms with Gasteiger partial charge in [-0.25, -0.2) is 13.1 Å². The number of methoxy groups -OCH3 is 1. The summed E-state index contributed by atoms with van der Waals surface area (Å²) in [7, 11) is -1.80. The van der Waals surface area contributed by atoms with Crippen LogP contribution in [0.25, 0.3) is 0 Å². The second kappa shape index (κ2) is 5.96. The van der Waals surface area contributed by atoms with Crippen molar-refractivity contribution >= 4 is 21.4 Å². The maximum absolute atomic E-state index is 12.5. The molecule has 0 atom stereocenters. The summed E-state index contributed by atoms with van der Waals surface area (Å²) in [4.78, 5) is 1.29. The van der Waals surface area contributed by atoms with Gasteiger partial charge < -0.3 is 10.1 Å².